The molecule has 0 saturated carbocycles. The Bertz CT molecular complexity index is 382. The van der Waals surface area contributed by atoms with E-state index in [1.807, 2.05) is 4.68 Å². The van der Waals surface area contributed by atoms with Gasteiger partial charge in [-0.2, -0.15) is 5.10 Å². The van der Waals surface area contributed by atoms with Crippen molar-refractivity contribution in [1.29, 1.82) is 0 Å². The maximum absolute atomic E-state index is 10.1. The zero-order valence-corrected chi connectivity index (χ0v) is 11.8. The van der Waals surface area contributed by atoms with Crippen LogP contribution in [0.25, 0.3) is 0 Å². The molecule has 1 atom stereocenters. The Labute approximate surface area is 110 Å². The van der Waals surface area contributed by atoms with E-state index in [1.165, 1.54) is 0 Å². The molecular weight excluding hydrogens is 226 g/mol. The molecule has 1 N–H and O–H groups in total. The van der Waals surface area contributed by atoms with Gasteiger partial charge in [-0.1, -0.05) is 20.3 Å². The number of hydrogen-bond donors (Lipinski definition) is 1. The minimum absolute atomic E-state index is 0.436. The van der Waals surface area contributed by atoms with Crippen LogP contribution >= 0.6 is 0 Å². The molecule has 2 rings (SSSR count). The first kappa shape index (κ1) is 13.6. The first-order chi connectivity index (χ1) is 8.56. The summed E-state index contributed by atoms with van der Waals surface area (Å²) >= 11 is 0. The average molecular weight is 251 g/mol. The van der Waals surface area contributed by atoms with Gasteiger partial charge in [-0.15, -0.1) is 0 Å². The highest BCUT2D eigenvalue weighted by molar-refractivity contribution is 5.03. The normalized spacial score (nSPS) is 20.7. The molecule has 1 fully saturated rings. The molecule has 1 aliphatic heterocycles. The van der Waals surface area contributed by atoms with Gasteiger partial charge in [0.15, 0.2) is 0 Å². The highest BCUT2D eigenvalue weighted by Gasteiger charge is 2.40. The van der Waals surface area contributed by atoms with Gasteiger partial charge in [-0.05, 0) is 25.8 Å². The van der Waals surface area contributed by atoms with Gasteiger partial charge >= 0.3 is 0 Å². The molecule has 4 nitrogen and oxygen atoms in total. The average Bonchev–Trinajstić information content (AvgIpc) is 2.75. The lowest BCUT2D eigenvalue weighted by Crippen LogP contribution is -2.61. The summed E-state index contributed by atoms with van der Waals surface area (Å²) in [5, 5.41) is 14.7. The van der Waals surface area contributed by atoms with Gasteiger partial charge in [-0.25, -0.2) is 0 Å². The molecule has 1 saturated heterocycles. The van der Waals surface area contributed by atoms with Crippen LogP contribution in [0.4, 0.5) is 0 Å². The Morgan fingerprint density at radius 2 is 2.17 bits per heavy atom. The summed E-state index contributed by atoms with van der Waals surface area (Å²) in [5.74, 6) is 0. The highest BCUT2D eigenvalue weighted by Crippen LogP contribution is 2.26. The predicted octanol–water partition coefficient (Wildman–Crippen LogP) is 2.20. The fourth-order valence-corrected chi connectivity index (χ4v) is 2.64. The smallest absolute Gasteiger partial charge is 0.0900 e. The largest absolute Gasteiger partial charge is 0.387 e. The van der Waals surface area contributed by atoms with Gasteiger partial charge in [0.2, 0.25) is 0 Å². The van der Waals surface area contributed by atoms with E-state index in [9.17, 15) is 5.11 Å². The molecule has 0 bridgehead atoms. The first-order valence-corrected chi connectivity index (χ1v) is 7.05. The molecule has 0 aromatic carbocycles. The Kier molecular flexibility index (Phi) is 4.07. The van der Waals surface area contributed by atoms with Crippen LogP contribution in [0.15, 0.2) is 12.3 Å². The van der Waals surface area contributed by atoms with Crippen LogP contribution < -0.4 is 0 Å². The molecule has 4 heteroatoms. The van der Waals surface area contributed by atoms with Crippen molar-refractivity contribution in [3.05, 3.63) is 18.0 Å². The third-order valence-electron chi connectivity index (χ3n) is 3.84. The second-order valence-corrected chi connectivity index (χ2v) is 5.66. The van der Waals surface area contributed by atoms with Gasteiger partial charge in [0.1, 0.15) is 0 Å². The van der Waals surface area contributed by atoms with Crippen LogP contribution in [-0.2, 0) is 6.54 Å². The van der Waals surface area contributed by atoms with Gasteiger partial charge in [0.25, 0.3) is 0 Å². The van der Waals surface area contributed by atoms with E-state index in [0.717, 1.165) is 44.6 Å². The molecule has 1 aromatic rings. The third kappa shape index (κ3) is 2.93. The van der Waals surface area contributed by atoms with Crippen LogP contribution in [0, 0.1) is 0 Å². The number of rotatable bonds is 6. The summed E-state index contributed by atoms with van der Waals surface area (Å²) in [6.07, 6.45) is 5.11. The lowest BCUT2D eigenvalue weighted by Gasteiger charge is -2.46. The fourth-order valence-electron chi connectivity index (χ4n) is 2.64. The predicted molar refractivity (Wildman–Crippen MR) is 72.4 cm³/mol. The summed E-state index contributed by atoms with van der Waals surface area (Å²) in [7, 11) is 0. The summed E-state index contributed by atoms with van der Waals surface area (Å²) in [5.41, 5.74) is 0.669. The number of β-amino-alcohol motifs (C(OH)–C–C–N with tert-alkyl or cyclic N) is 1. The Balaban J connectivity index is 1.83. The molecule has 102 valence electrons. The van der Waals surface area contributed by atoms with E-state index < -0.39 is 5.60 Å². The monoisotopic (exact) mass is 251 g/mol. The van der Waals surface area contributed by atoms with E-state index in [2.05, 4.69) is 43.0 Å². The van der Waals surface area contributed by atoms with Crippen LogP contribution in [0.5, 0.6) is 0 Å². The number of aromatic nitrogens is 2. The fraction of sp³-hybridized carbons (Fsp3) is 0.786. The Morgan fingerprint density at radius 3 is 2.78 bits per heavy atom. The Morgan fingerprint density at radius 1 is 1.44 bits per heavy atom. The maximum Gasteiger partial charge on any atom is 0.0900 e. The zero-order chi connectivity index (χ0) is 13.2. The summed E-state index contributed by atoms with van der Waals surface area (Å²) in [6.45, 7) is 8.91. The van der Waals surface area contributed by atoms with Crippen molar-refractivity contribution in [3.63, 3.8) is 0 Å². The molecule has 1 aromatic heterocycles. The van der Waals surface area contributed by atoms with Gasteiger partial charge in [-0.3, -0.25) is 9.58 Å². The number of hydrogen-bond acceptors (Lipinski definition) is 3. The summed E-state index contributed by atoms with van der Waals surface area (Å²) < 4.78 is 2.04. The van der Waals surface area contributed by atoms with E-state index >= 15 is 0 Å². The van der Waals surface area contributed by atoms with Crippen molar-refractivity contribution in [2.45, 2.75) is 58.2 Å². The first-order valence-electron chi connectivity index (χ1n) is 7.05. The molecule has 2 heterocycles. The van der Waals surface area contributed by atoms with Crippen LogP contribution in [0.2, 0.25) is 0 Å². The molecule has 0 radical (unpaired) electrons. The van der Waals surface area contributed by atoms with Gasteiger partial charge in [0, 0.05) is 31.9 Å². The molecule has 18 heavy (non-hydrogen) atoms. The maximum atomic E-state index is 10.1. The Hall–Kier alpha value is -0.870. The second kappa shape index (κ2) is 5.41. The molecule has 0 amide bonds. The van der Waals surface area contributed by atoms with Crippen LogP contribution in [-0.4, -0.2) is 38.5 Å². The molecular formula is C14H25N3O. The van der Waals surface area contributed by atoms with Gasteiger partial charge < -0.3 is 5.11 Å². The van der Waals surface area contributed by atoms with Crippen molar-refractivity contribution in [1.82, 2.24) is 14.7 Å². The number of likely N-dealkylation sites (tertiary alicyclic amines) is 1. The zero-order valence-electron chi connectivity index (χ0n) is 11.8. The standard InChI is InChI=1S/C14H25N3O/c1-4-7-14(18)10-16(11-14)9-13-6-8-17(15-13)12(3)5-2/h6,8,12,18H,4-5,7,9-11H2,1-3H3. The highest BCUT2D eigenvalue weighted by atomic mass is 16.3. The van der Waals surface area contributed by atoms with Gasteiger partial charge in [0.05, 0.1) is 11.3 Å². The van der Waals surface area contributed by atoms with E-state index in [4.69, 9.17) is 0 Å². The summed E-state index contributed by atoms with van der Waals surface area (Å²) in [4.78, 5) is 2.26. The molecule has 0 aliphatic carbocycles. The molecule has 1 aliphatic rings. The van der Waals surface area contributed by atoms with Crippen LogP contribution in [0.1, 0.15) is 51.8 Å². The van der Waals surface area contributed by atoms with E-state index in [1.54, 1.807) is 0 Å². The van der Waals surface area contributed by atoms with E-state index in [0.29, 0.717) is 6.04 Å². The molecule has 0 spiro atoms. The summed E-state index contributed by atoms with van der Waals surface area (Å²) in [6, 6.07) is 2.55. The second-order valence-electron chi connectivity index (χ2n) is 5.66. The minimum Gasteiger partial charge on any atom is -0.387 e. The van der Waals surface area contributed by atoms with Crippen molar-refractivity contribution in [2.75, 3.05) is 13.1 Å². The van der Waals surface area contributed by atoms with Crippen molar-refractivity contribution < 1.29 is 5.11 Å². The van der Waals surface area contributed by atoms with E-state index in [-0.39, 0.29) is 0 Å². The number of nitrogens with zero attached hydrogens (tertiary/aromatic N) is 3. The quantitative estimate of drug-likeness (QED) is 0.842. The lowest BCUT2D eigenvalue weighted by atomic mass is 9.89. The topological polar surface area (TPSA) is 41.3 Å². The third-order valence-corrected chi connectivity index (χ3v) is 3.84. The van der Waals surface area contributed by atoms with Crippen LogP contribution in [0.3, 0.4) is 0 Å². The van der Waals surface area contributed by atoms with Crippen molar-refractivity contribution >= 4 is 0 Å². The SMILES string of the molecule is CCCC1(O)CN(Cc2ccn(C(C)CC)n2)C1. The molecule has 1 unspecified atom stereocenters. The lowest BCUT2D eigenvalue weighted by molar-refractivity contribution is -0.107. The van der Waals surface area contributed by atoms with Crippen molar-refractivity contribution in [3.8, 4) is 0 Å². The minimum atomic E-state index is -0.436. The van der Waals surface area contributed by atoms with Crippen molar-refractivity contribution in [2.24, 2.45) is 0 Å². The number of aliphatic hydroxyl groups is 1.